The molecule has 2 N–H and O–H groups in total. The van der Waals surface area contributed by atoms with E-state index in [1.807, 2.05) is 13.8 Å². The lowest BCUT2D eigenvalue weighted by Gasteiger charge is -2.58. The van der Waals surface area contributed by atoms with E-state index in [1.165, 1.54) is 37.7 Å². The molecular formula is C27H46O4S. The lowest BCUT2D eigenvalue weighted by atomic mass is 9.47. The Balaban J connectivity index is 1.48. The molecule has 0 aliphatic heterocycles. The molecule has 0 aromatic heterocycles. The molecule has 0 aromatic carbocycles. The zero-order chi connectivity index (χ0) is 23.5. The Morgan fingerprint density at radius 1 is 1.03 bits per heavy atom. The molecule has 3 saturated carbocycles. The second-order valence-corrected chi connectivity index (χ2v) is 14.4. The van der Waals surface area contributed by atoms with Crippen molar-refractivity contribution < 1.29 is 18.1 Å². The van der Waals surface area contributed by atoms with E-state index in [2.05, 4.69) is 26.8 Å². The van der Waals surface area contributed by atoms with E-state index >= 15 is 0 Å². The highest BCUT2D eigenvalue weighted by Gasteiger charge is 2.59. The van der Waals surface area contributed by atoms with Crippen LogP contribution in [0.15, 0.2) is 11.6 Å². The fourth-order valence-corrected chi connectivity index (χ4v) is 10.2. The maximum absolute atomic E-state index is 11.9. The first-order valence-corrected chi connectivity index (χ1v) is 14.7. The van der Waals surface area contributed by atoms with Crippen molar-refractivity contribution in [3.63, 3.8) is 0 Å². The molecule has 184 valence electrons. The van der Waals surface area contributed by atoms with Crippen LogP contribution in [-0.4, -0.2) is 29.4 Å². The van der Waals surface area contributed by atoms with Crippen molar-refractivity contribution in [3.8, 4) is 0 Å². The average molecular weight is 467 g/mol. The van der Waals surface area contributed by atoms with Crippen molar-refractivity contribution in [2.45, 2.75) is 110 Å². The van der Waals surface area contributed by atoms with Gasteiger partial charge in [-0.15, -0.1) is 0 Å². The Morgan fingerprint density at radius 2 is 1.75 bits per heavy atom. The van der Waals surface area contributed by atoms with E-state index in [4.69, 9.17) is 0 Å². The summed E-state index contributed by atoms with van der Waals surface area (Å²) in [4.78, 5) is 0. The predicted octanol–water partition coefficient (Wildman–Crippen LogP) is 6.26. The molecule has 2 unspecified atom stereocenters. The summed E-state index contributed by atoms with van der Waals surface area (Å²) < 4.78 is 33.4. The number of rotatable bonds is 6. The molecule has 4 nitrogen and oxygen atoms in total. The summed E-state index contributed by atoms with van der Waals surface area (Å²) in [6, 6.07) is 0. The first kappa shape index (κ1) is 24.7. The Morgan fingerprint density at radius 3 is 2.41 bits per heavy atom. The first-order chi connectivity index (χ1) is 14.9. The van der Waals surface area contributed by atoms with Crippen LogP contribution in [0.1, 0.15) is 98.8 Å². The van der Waals surface area contributed by atoms with Crippen LogP contribution in [0.3, 0.4) is 0 Å². The molecule has 4 aliphatic carbocycles. The highest BCUT2D eigenvalue weighted by Crippen LogP contribution is 2.67. The summed E-state index contributed by atoms with van der Waals surface area (Å²) in [7, 11) is -3.98. The lowest BCUT2D eigenvalue weighted by molar-refractivity contribution is -0.0572. The maximum atomic E-state index is 11.9. The average Bonchev–Trinajstić information content (AvgIpc) is 3.04. The van der Waals surface area contributed by atoms with E-state index in [9.17, 15) is 18.1 Å². The molecule has 0 radical (unpaired) electrons. The number of aliphatic hydroxyl groups excluding tert-OH is 1. The van der Waals surface area contributed by atoms with Gasteiger partial charge in [0.15, 0.2) is 0 Å². The van der Waals surface area contributed by atoms with Crippen molar-refractivity contribution in [1.29, 1.82) is 0 Å². The van der Waals surface area contributed by atoms with Crippen LogP contribution in [0.4, 0.5) is 0 Å². The molecule has 3 fully saturated rings. The SMILES string of the molecule is CC(C)C(CC[C@@H](C)[C@H]1CC[C@H]2[C@@H]3CC=C4CC(O)CC[C@]4(C)[C@H]3CC[C@]12C)S(=O)(=O)O. The zero-order valence-electron chi connectivity index (χ0n) is 20.9. The van der Waals surface area contributed by atoms with Crippen LogP contribution in [0.5, 0.6) is 0 Å². The molecule has 4 aliphatic rings. The van der Waals surface area contributed by atoms with Gasteiger partial charge < -0.3 is 5.11 Å². The molecule has 9 atom stereocenters. The van der Waals surface area contributed by atoms with Crippen molar-refractivity contribution in [1.82, 2.24) is 0 Å². The third kappa shape index (κ3) is 4.13. The second kappa shape index (κ2) is 8.68. The van der Waals surface area contributed by atoms with Crippen LogP contribution in [0, 0.1) is 46.3 Å². The summed E-state index contributed by atoms with van der Waals surface area (Å²) in [6.45, 7) is 11.1. The summed E-state index contributed by atoms with van der Waals surface area (Å²) in [5.41, 5.74) is 2.17. The van der Waals surface area contributed by atoms with E-state index in [0.29, 0.717) is 23.7 Å². The fraction of sp³-hybridized carbons (Fsp3) is 0.926. The largest absolute Gasteiger partial charge is 0.393 e. The van der Waals surface area contributed by atoms with Crippen LogP contribution in [0.2, 0.25) is 0 Å². The number of fused-ring (bicyclic) bond motifs is 5. The summed E-state index contributed by atoms with van der Waals surface area (Å²) >= 11 is 0. The Kier molecular flexibility index (Phi) is 6.71. The van der Waals surface area contributed by atoms with Gasteiger partial charge in [0, 0.05) is 0 Å². The Hall–Kier alpha value is -0.390. The van der Waals surface area contributed by atoms with E-state index in [1.54, 1.807) is 0 Å². The van der Waals surface area contributed by atoms with Crippen LogP contribution >= 0.6 is 0 Å². The van der Waals surface area contributed by atoms with Gasteiger partial charge in [0.05, 0.1) is 11.4 Å². The number of aliphatic hydroxyl groups is 1. The Bertz CT molecular complexity index is 833. The fourth-order valence-electron chi connectivity index (χ4n) is 9.07. The molecule has 32 heavy (non-hydrogen) atoms. The van der Waals surface area contributed by atoms with Crippen molar-refractivity contribution >= 4 is 10.1 Å². The van der Waals surface area contributed by atoms with Gasteiger partial charge in [0.1, 0.15) is 0 Å². The highest BCUT2D eigenvalue weighted by molar-refractivity contribution is 7.86. The topological polar surface area (TPSA) is 74.6 Å². The van der Waals surface area contributed by atoms with Gasteiger partial charge in [0.2, 0.25) is 0 Å². The minimum absolute atomic E-state index is 0.0578. The normalized spacial score (nSPS) is 43.8. The Labute approximate surface area is 196 Å². The van der Waals surface area contributed by atoms with Gasteiger partial charge in [0.25, 0.3) is 10.1 Å². The van der Waals surface area contributed by atoms with Gasteiger partial charge in [-0.25, -0.2) is 0 Å². The van der Waals surface area contributed by atoms with Gasteiger partial charge in [-0.1, -0.05) is 46.3 Å². The summed E-state index contributed by atoms with van der Waals surface area (Å²) in [5, 5.41) is 9.58. The van der Waals surface area contributed by atoms with Gasteiger partial charge in [-0.05, 0) is 111 Å². The molecule has 0 bridgehead atoms. The molecule has 5 heteroatoms. The highest BCUT2D eigenvalue weighted by atomic mass is 32.2. The van der Waals surface area contributed by atoms with Crippen molar-refractivity contribution in [2.75, 3.05) is 0 Å². The standard InChI is InChI=1S/C27H46O4S/c1-17(2)25(32(29,30)31)11-6-18(3)22-9-10-23-21-8-7-19-16-20(28)12-14-26(19,4)24(21)13-15-27(22,23)5/h7,17-18,20-25,28H,6,8-16H2,1-5H3,(H,29,30,31)/t18-,20?,21+,22-,23+,24+,25?,26+,27-/m1/s1. The lowest BCUT2D eigenvalue weighted by Crippen LogP contribution is -2.50. The molecule has 0 saturated heterocycles. The second-order valence-electron chi connectivity index (χ2n) is 12.7. The molecule has 0 amide bonds. The summed E-state index contributed by atoms with van der Waals surface area (Å²) in [5.74, 6) is 3.35. The molecular weight excluding hydrogens is 420 g/mol. The monoisotopic (exact) mass is 466 g/mol. The number of hydrogen-bond donors (Lipinski definition) is 2. The third-order valence-electron chi connectivity index (χ3n) is 10.9. The molecule has 0 spiro atoms. The quantitative estimate of drug-likeness (QED) is 0.358. The minimum atomic E-state index is -3.98. The van der Waals surface area contributed by atoms with Crippen LogP contribution in [0.25, 0.3) is 0 Å². The van der Waals surface area contributed by atoms with Crippen molar-refractivity contribution in [3.05, 3.63) is 11.6 Å². The molecule has 0 aromatic rings. The van der Waals surface area contributed by atoms with Crippen molar-refractivity contribution in [2.24, 2.45) is 46.3 Å². The molecule has 0 heterocycles. The van der Waals surface area contributed by atoms with Gasteiger partial charge in [-0.3, -0.25) is 4.55 Å². The summed E-state index contributed by atoms with van der Waals surface area (Å²) in [6.07, 6.45) is 13.1. The number of allylic oxidation sites excluding steroid dienone is 1. The first-order valence-electron chi connectivity index (χ1n) is 13.2. The zero-order valence-corrected chi connectivity index (χ0v) is 21.7. The van der Waals surface area contributed by atoms with Crippen LogP contribution in [-0.2, 0) is 10.1 Å². The van der Waals surface area contributed by atoms with E-state index < -0.39 is 15.4 Å². The predicted molar refractivity (Wildman–Crippen MR) is 130 cm³/mol. The minimum Gasteiger partial charge on any atom is -0.393 e. The van der Waals surface area contributed by atoms with Gasteiger partial charge in [-0.2, -0.15) is 8.42 Å². The van der Waals surface area contributed by atoms with E-state index in [-0.39, 0.29) is 17.4 Å². The smallest absolute Gasteiger partial charge is 0.268 e. The maximum Gasteiger partial charge on any atom is 0.268 e. The molecule has 4 rings (SSSR count). The van der Waals surface area contributed by atoms with Gasteiger partial charge >= 0.3 is 0 Å². The number of hydrogen-bond acceptors (Lipinski definition) is 3. The third-order valence-corrected chi connectivity index (χ3v) is 12.4. The van der Waals surface area contributed by atoms with Crippen LogP contribution < -0.4 is 0 Å². The van der Waals surface area contributed by atoms with E-state index in [0.717, 1.165) is 43.4 Å².